The SMILES string of the molecule is Cc1[nH]nc(Nc2ncnc3cc(OCCCC4CCN(c5ccc(C(=O)N6CCN(C[C@H]7CN[C@H](C)CN7CC(=O)N7CC(C)(C)c8ncc(Cc9ccc(F)cc9)cc87)C(C)C6)cn5)CC4)c(S(=O)(=O)C(C)(C)C)cc23)c1C. The number of nitrogens with one attached hydrogen (secondary N) is 3. The molecule has 8 heterocycles. The zero-order valence-corrected chi connectivity index (χ0v) is 48.7. The van der Waals surface area contributed by atoms with Gasteiger partial charge in [0.15, 0.2) is 15.7 Å². The van der Waals surface area contributed by atoms with Gasteiger partial charge in [0.1, 0.15) is 34.4 Å². The molecule has 0 spiro atoms. The third kappa shape index (κ3) is 12.2. The Morgan fingerprint density at radius 1 is 0.887 bits per heavy atom. The van der Waals surface area contributed by atoms with E-state index in [1.807, 2.05) is 42.0 Å². The maximum Gasteiger partial charge on any atom is 0.255 e. The lowest BCUT2D eigenvalue weighted by molar-refractivity contribution is -0.121. The molecule has 80 heavy (non-hydrogen) atoms. The molecule has 2 amide bonds. The highest BCUT2D eigenvalue weighted by atomic mass is 32.2. The summed E-state index contributed by atoms with van der Waals surface area (Å²) in [5.74, 6) is 2.48. The molecule has 1 unspecified atom stereocenters. The van der Waals surface area contributed by atoms with E-state index in [2.05, 4.69) is 79.3 Å². The number of H-pyrrole nitrogens is 1. The number of amides is 2. The molecule has 4 aliphatic rings. The molecule has 0 aliphatic carbocycles. The topological polar surface area (TPSA) is 198 Å². The third-order valence-corrected chi connectivity index (χ3v) is 19.3. The summed E-state index contributed by atoms with van der Waals surface area (Å²) >= 11 is 0. The summed E-state index contributed by atoms with van der Waals surface area (Å²) in [6.45, 7) is 24.7. The first-order chi connectivity index (χ1) is 38.1. The van der Waals surface area contributed by atoms with Crippen molar-refractivity contribution in [2.75, 3.05) is 87.2 Å². The number of fused-ring (bicyclic) bond motifs is 2. The number of aromatic amines is 1. The number of aryl methyl sites for hydroxylation is 1. The van der Waals surface area contributed by atoms with Gasteiger partial charge in [-0.15, -0.1) is 0 Å². The predicted octanol–water partition coefficient (Wildman–Crippen LogP) is 8.01. The Bertz CT molecular complexity index is 3320. The highest BCUT2D eigenvalue weighted by Crippen LogP contribution is 2.41. The number of anilines is 4. The normalized spacial score (nSPS) is 20.3. The number of pyridine rings is 2. The zero-order valence-electron chi connectivity index (χ0n) is 47.9. The molecule has 4 aromatic heterocycles. The molecule has 3 fully saturated rings. The smallest absolute Gasteiger partial charge is 0.255 e. The minimum Gasteiger partial charge on any atom is -0.492 e. The van der Waals surface area contributed by atoms with E-state index in [-0.39, 0.29) is 51.8 Å². The Labute approximate surface area is 470 Å². The van der Waals surface area contributed by atoms with E-state index in [0.717, 1.165) is 105 Å². The van der Waals surface area contributed by atoms with Gasteiger partial charge in [-0.1, -0.05) is 26.0 Å². The summed E-state index contributed by atoms with van der Waals surface area (Å²) < 4.78 is 46.9. The zero-order chi connectivity index (χ0) is 56.7. The number of piperazine rings is 2. The summed E-state index contributed by atoms with van der Waals surface area (Å²) in [6.07, 6.45) is 9.33. The molecule has 3 saturated heterocycles. The quantitative estimate of drug-likeness (QED) is 0.0788. The molecule has 3 atom stereocenters. The predicted molar refractivity (Wildman–Crippen MR) is 310 cm³/mol. The number of sulfone groups is 1. The second-order valence-electron chi connectivity index (χ2n) is 24.3. The molecule has 426 valence electrons. The molecule has 6 aromatic rings. The minimum absolute atomic E-state index is 0.0156. The van der Waals surface area contributed by atoms with Crippen LogP contribution in [0.2, 0.25) is 0 Å². The van der Waals surface area contributed by atoms with Gasteiger partial charge < -0.3 is 30.1 Å². The minimum atomic E-state index is -3.81. The Kier molecular flexibility index (Phi) is 16.4. The summed E-state index contributed by atoms with van der Waals surface area (Å²) in [7, 11) is -3.81. The standard InChI is InChI=1S/C60H78FN13O5S/c1-38-32-73(35-54(75)74-36-60(8,9)55-50(74)26-44(29-64-55)25-43-12-15-46(61)16-13-43)47(31-62-38)34-71-22-23-72(33-39(71)2)58(76)45-14-17-53(63-30-45)70-20-18-42(19-21-70)11-10-24-79-51-28-49-48(27-52(51)80(77,78)59(5,6)7)57(66-37-65-49)67-56-40(3)41(4)68-69-56/h12-17,26-30,37-39,42,47,62H,10-11,18-25,31-36H2,1-9H3,(H2,65,66,67,68,69)/t38-,39?,47-/m1/s1. The number of halogens is 1. The van der Waals surface area contributed by atoms with Gasteiger partial charge in [-0.3, -0.25) is 29.5 Å². The van der Waals surface area contributed by atoms with Crippen LogP contribution in [0.3, 0.4) is 0 Å². The lowest BCUT2D eigenvalue weighted by atomic mass is 9.91. The van der Waals surface area contributed by atoms with Crippen molar-refractivity contribution in [1.82, 2.24) is 50.1 Å². The first-order valence-corrected chi connectivity index (χ1v) is 29.8. The van der Waals surface area contributed by atoms with Crippen LogP contribution in [-0.4, -0.2) is 160 Å². The number of rotatable bonds is 16. The molecular weight excluding hydrogens is 1030 g/mol. The van der Waals surface area contributed by atoms with Gasteiger partial charge in [0.2, 0.25) is 5.91 Å². The van der Waals surface area contributed by atoms with Gasteiger partial charge in [0.25, 0.3) is 5.91 Å². The third-order valence-electron chi connectivity index (χ3n) is 16.8. The molecule has 0 saturated carbocycles. The van der Waals surface area contributed by atoms with Crippen molar-refractivity contribution in [3.05, 3.63) is 113 Å². The van der Waals surface area contributed by atoms with E-state index >= 15 is 0 Å². The number of benzene rings is 2. The van der Waals surface area contributed by atoms with Crippen molar-refractivity contribution in [3.8, 4) is 5.75 Å². The van der Waals surface area contributed by atoms with Crippen LogP contribution in [0.25, 0.3) is 10.9 Å². The number of carbonyl (C=O) groups excluding carboxylic acids is 2. The Hall–Kier alpha value is -6.61. The Morgan fingerprint density at radius 2 is 1.66 bits per heavy atom. The first kappa shape index (κ1) is 56.7. The summed E-state index contributed by atoms with van der Waals surface area (Å²) in [5.41, 5.74) is 6.46. The van der Waals surface area contributed by atoms with Crippen LogP contribution < -0.4 is 25.2 Å². The van der Waals surface area contributed by atoms with Gasteiger partial charge in [-0.05, 0) is 134 Å². The highest BCUT2D eigenvalue weighted by Gasteiger charge is 2.42. The molecule has 18 nitrogen and oxygen atoms in total. The van der Waals surface area contributed by atoms with E-state index < -0.39 is 14.6 Å². The van der Waals surface area contributed by atoms with Crippen molar-refractivity contribution in [3.63, 3.8) is 0 Å². The summed E-state index contributed by atoms with van der Waals surface area (Å²) in [5, 5.41) is 14.8. The molecule has 20 heteroatoms. The lowest BCUT2D eigenvalue weighted by Crippen LogP contribution is -2.63. The fourth-order valence-electron chi connectivity index (χ4n) is 11.7. The summed E-state index contributed by atoms with van der Waals surface area (Å²) in [6, 6.07) is 16.3. The van der Waals surface area contributed by atoms with Crippen LogP contribution >= 0.6 is 0 Å². The largest absolute Gasteiger partial charge is 0.492 e. The van der Waals surface area contributed by atoms with Crippen LogP contribution in [0.15, 0.2) is 78.2 Å². The van der Waals surface area contributed by atoms with Gasteiger partial charge >= 0.3 is 0 Å². The number of aromatic nitrogens is 6. The van der Waals surface area contributed by atoms with Gasteiger partial charge in [0, 0.05) is 118 Å². The van der Waals surface area contributed by atoms with E-state index in [0.29, 0.717) is 73.2 Å². The van der Waals surface area contributed by atoms with Crippen LogP contribution in [0.5, 0.6) is 5.75 Å². The Balaban J connectivity index is 0.692. The molecule has 0 radical (unpaired) electrons. The Morgan fingerprint density at radius 3 is 2.36 bits per heavy atom. The van der Waals surface area contributed by atoms with Crippen LogP contribution in [0, 0.1) is 25.6 Å². The van der Waals surface area contributed by atoms with Crippen LogP contribution in [0.1, 0.15) is 113 Å². The molecule has 2 aromatic carbocycles. The first-order valence-electron chi connectivity index (χ1n) is 28.3. The van der Waals surface area contributed by atoms with Crippen molar-refractivity contribution in [2.45, 2.75) is 128 Å². The molecule has 4 aliphatic heterocycles. The number of piperidine rings is 1. The van der Waals surface area contributed by atoms with E-state index in [9.17, 15) is 22.4 Å². The fourth-order valence-corrected chi connectivity index (χ4v) is 13.1. The number of hydrogen-bond acceptors (Lipinski definition) is 15. The van der Waals surface area contributed by atoms with Crippen LogP contribution in [0.4, 0.5) is 27.5 Å². The number of hydrogen-bond donors (Lipinski definition) is 3. The van der Waals surface area contributed by atoms with E-state index in [1.54, 1.807) is 51.2 Å². The fraction of sp³-hybridized carbons (Fsp3) is 0.517. The van der Waals surface area contributed by atoms with Crippen molar-refractivity contribution < 1.29 is 27.1 Å². The van der Waals surface area contributed by atoms with Gasteiger partial charge in [-0.25, -0.2) is 27.8 Å². The number of carbonyl (C=O) groups is 2. The molecule has 0 bridgehead atoms. The van der Waals surface area contributed by atoms with Crippen LogP contribution in [-0.2, 0) is 26.5 Å². The second-order valence-corrected chi connectivity index (χ2v) is 27.0. The van der Waals surface area contributed by atoms with Crippen molar-refractivity contribution >= 4 is 55.7 Å². The molecule has 10 rings (SSSR count). The molecule has 3 N–H and O–H groups in total. The monoisotopic (exact) mass is 1110 g/mol. The van der Waals surface area contributed by atoms with Gasteiger partial charge in [0.05, 0.1) is 40.4 Å². The maximum atomic E-state index is 14.4. The number of ether oxygens (including phenoxy) is 1. The lowest BCUT2D eigenvalue weighted by Gasteiger charge is -2.45. The maximum absolute atomic E-state index is 14.4. The second kappa shape index (κ2) is 23.1. The van der Waals surface area contributed by atoms with E-state index in [4.69, 9.17) is 14.7 Å². The van der Waals surface area contributed by atoms with Crippen molar-refractivity contribution in [2.24, 2.45) is 5.92 Å². The highest BCUT2D eigenvalue weighted by molar-refractivity contribution is 7.92. The van der Waals surface area contributed by atoms with Gasteiger partial charge in [-0.2, -0.15) is 5.10 Å². The number of nitrogens with zero attached hydrogens (tertiary/aromatic N) is 10. The summed E-state index contributed by atoms with van der Waals surface area (Å²) in [4.78, 5) is 58.0. The molecular formula is C60H78FN13O5S. The average molecular weight is 1110 g/mol. The van der Waals surface area contributed by atoms with E-state index in [1.165, 1.54) is 18.5 Å². The van der Waals surface area contributed by atoms with Crippen molar-refractivity contribution in [1.29, 1.82) is 0 Å². The average Bonchev–Trinajstić information content (AvgIpc) is 3.98.